The number of nitrogens with one attached hydrogen (secondary N) is 2. The minimum Gasteiger partial charge on any atom is -0.431 e. The van der Waals surface area contributed by atoms with E-state index in [-0.39, 0.29) is 18.2 Å². The number of anilines is 1. The van der Waals surface area contributed by atoms with Gasteiger partial charge in [-0.1, -0.05) is 47.1 Å². The van der Waals surface area contributed by atoms with Gasteiger partial charge in [-0.15, -0.1) is 0 Å². The number of rotatable bonds is 6. The van der Waals surface area contributed by atoms with Gasteiger partial charge in [0.25, 0.3) is 5.22 Å². The maximum absolute atomic E-state index is 11.9. The molecule has 0 fully saturated rings. The number of thioether (sulfide) groups is 1. The first-order valence-electron chi connectivity index (χ1n) is 7.51. The summed E-state index contributed by atoms with van der Waals surface area (Å²) in [6.45, 7) is -0.185. The number of fused-ring (bicyclic) bond motifs is 1. The van der Waals surface area contributed by atoms with Crippen LogP contribution in [-0.4, -0.2) is 29.1 Å². The Morgan fingerprint density at radius 3 is 2.73 bits per heavy atom. The van der Waals surface area contributed by atoms with Crippen LogP contribution in [0.15, 0.2) is 52.1 Å². The van der Waals surface area contributed by atoms with Crippen molar-refractivity contribution >= 4 is 63.6 Å². The highest BCUT2D eigenvalue weighted by atomic mass is 35.5. The van der Waals surface area contributed by atoms with Crippen molar-refractivity contribution in [1.82, 2.24) is 10.3 Å². The second-order valence-corrected chi connectivity index (χ2v) is 6.96. The lowest BCUT2D eigenvalue weighted by Gasteiger charge is -2.08. The highest BCUT2D eigenvalue weighted by molar-refractivity contribution is 7.99. The number of carbonyl (C=O) groups excluding carboxylic acids is 2. The largest absolute Gasteiger partial charge is 0.431 e. The summed E-state index contributed by atoms with van der Waals surface area (Å²) < 4.78 is 5.51. The second-order valence-electron chi connectivity index (χ2n) is 5.19. The standard InChI is InChI=1S/C17H13Cl2N3O3S/c18-10-5-6-11(19)13(7-10)21-15(23)8-20-16(24)9-26-17-22-12-3-1-2-4-14(12)25-17/h1-7H,8-9H2,(H,20,24)(H,21,23). The van der Waals surface area contributed by atoms with Gasteiger partial charge in [-0.2, -0.15) is 0 Å². The van der Waals surface area contributed by atoms with Gasteiger partial charge in [-0.3, -0.25) is 9.59 Å². The topological polar surface area (TPSA) is 84.2 Å². The van der Waals surface area contributed by atoms with Crippen molar-refractivity contribution in [2.75, 3.05) is 17.6 Å². The smallest absolute Gasteiger partial charge is 0.257 e. The summed E-state index contributed by atoms with van der Waals surface area (Å²) in [5, 5.41) is 6.32. The van der Waals surface area contributed by atoms with E-state index in [0.717, 1.165) is 17.3 Å². The summed E-state index contributed by atoms with van der Waals surface area (Å²) in [7, 11) is 0. The van der Waals surface area contributed by atoms with Gasteiger partial charge in [0.1, 0.15) is 5.52 Å². The Balaban J connectivity index is 1.46. The van der Waals surface area contributed by atoms with Crippen molar-refractivity contribution in [3.05, 3.63) is 52.5 Å². The Morgan fingerprint density at radius 1 is 1.12 bits per heavy atom. The summed E-state index contributed by atoms with van der Waals surface area (Å²) in [6.07, 6.45) is 0. The predicted octanol–water partition coefficient (Wildman–Crippen LogP) is 3.98. The molecule has 0 aliphatic rings. The number of para-hydroxylation sites is 2. The fraction of sp³-hybridized carbons (Fsp3) is 0.118. The molecule has 0 spiro atoms. The molecule has 0 aliphatic heterocycles. The molecule has 1 heterocycles. The minimum absolute atomic E-state index is 0.0814. The lowest BCUT2D eigenvalue weighted by molar-refractivity contribution is -0.122. The van der Waals surface area contributed by atoms with Crippen molar-refractivity contribution in [2.24, 2.45) is 0 Å². The van der Waals surface area contributed by atoms with Gasteiger partial charge in [-0.05, 0) is 30.3 Å². The molecule has 0 radical (unpaired) electrons. The molecule has 2 N–H and O–H groups in total. The summed E-state index contributed by atoms with van der Waals surface area (Å²) in [6, 6.07) is 12.1. The van der Waals surface area contributed by atoms with Crippen molar-refractivity contribution in [1.29, 1.82) is 0 Å². The monoisotopic (exact) mass is 409 g/mol. The molecule has 0 bridgehead atoms. The lowest BCUT2D eigenvalue weighted by atomic mass is 10.3. The molecule has 2 aromatic carbocycles. The molecular weight excluding hydrogens is 397 g/mol. The van der Waals surface area contributed by atoms with E-state index in [2.05, 4.69) is 15.6 Å². The van der Waals surface area contributed by atoms with Crippen LogP contribution in [-0.2, 0) is 9.59 Å². The zero-order valence-corrected chi connectivity index (χ0v) is 15.6. The molecule has 9 heteroatoms. The van der Waals surface area contributed by atoms with Crippen molar-refractivity contribution in [2.45, 2.75) is 5.22 Å². The molecule has 0 saturated heterocycles. The maximum atomic E-state index is 11.9. The van der Waals surface area contributed by atoms with Crippen LogP contribution in [0.4, 0.5) is 5.69 Å². The Labute approximate surface area is 163 Å². The third kappa shape index (κ3) is 4.91. The van der Waals surface area contributed by atoms with Gasteiger partial charge in [0, 0.05) is 5.02 Å². The average Bonchev–Trinajstić information content (AvgIpc) is 3.04. The van der Waals surface area contributed by atoms with E-state index >= 15 is 0 Å². The Morgan fingerprint density at radius 2 is 1.92 bits per heavy atom. The third-order valence-corrected chi connectivity index (χ3v) is 4.64. The van der Waals surface area contributed by atoms with Gasteiger partial charge in [0.05, 0.1) is 23.0 Å². The molecule has 134 valence electrons. The molecule has 0 saturated carbocycles. The zero-order chi connectivity index (χ0) is 18.5. The molecule has 3 aromatic rings. The number of oxazole rings is 1. The summed E-state index contributed by atoms with van der Waals surface area (Å²) in [5.41, 5.74) is 1.78. The van der Waals surface area contributed by atoms with Gasteiger partial charge < -0.3 is 15.1 Å². The number of carbonyl (C=O) groups is 2. The molecular formula is C17H13Cl2N3O3S. The number of nitrogens with zero attached hydrogens (tertiary/aromatic N) is 1. The number of amides is 2. The lowest BCUT2D eigenvalue weighted by Crippen LogP contribution is -2.33. The molecule has 26 heavy (non-hydrogen) atoms. The van der Waals surface area contributed by atoms with Crippen molar-refractivity contribution in [3.8, 4) is 0 Å². The molecule has 3 rings (SSSR count). The molecule has 6 nitrogen and oxygen atoms in total. The minimum atomic E-state index is -0.408. The zero-order valence-electron chi connectivity index (χ0n) is 13.3. The highest BCUT2D eigenvalue weighted by Crippen LogP contribution is 2.25. The Hall–Kier alpha value is -2.22. The van der Waals surface area contributed by atoms with Gasteiger partial charge in [-0.25, -0.2) is 4.98 Å². The predicted molar refractivity (Wildman–Crippen MR) is 103 cm³/mol. The number of halogens is 2. The fourth-order valence-electron chi connectivity index (χ4n) is 2.06. The SMILES string of the molecule is O=C(CSc1nc2ccccc2o1)NCC(=O)Nc1cc(Cl)ccc1Cl. The summed E-state index contributed by atoms with van der Waals surface area (Å²) in [4.78, 5) is 28.1. The normalized spacial score (nSPS) is 10.7. The Kier molecular flexibility index (Phi) is 6.03. The van der Waals surface area contributed by atoms with Crippen LogP contribution < -0.4 is 10.6 Å². The molecule has 2 amide bonds. The first-order chi connectivity index (χ1) is 12.5. The highest BCUT2D eigenvalue weighted by Gasteiger charge is 2.11. The Bertz CT molecular complexity index is 928. The van der Waals surface area contributed by atoms with Crippen LogP contribution in [0, 0.1) is 0 Å². The van der Waals surface area contributed by atoms with E-state index in [1.54, 1.807) is 18.2 Å². The number of benzene rings is 2. The van der Waals surface area contributed by atoms with Gasteiger partial charge in [0.15, 0.2) is 5.58 Å². The van der Waals surface area contributed by atoms with Crippen LogP contribution in [0.25, 0.3) is 11.1 Å². The van der Waals surface area contributed by atoms with Crippen LogP contribution in [0.3, 0.4) is 0 Å². The number of aromatic nitrogens is 1. The summed E-state index contributed by atoms with van der Waals surface area (Å²) in [5.74, 6) is -0.642. The van der Waals surface area contributed by atoms with E-state index in [9.17, 15) is 9.59 Å². The van der Waals surface area contributed by atoms with E-state index in [1.807, 2.05) is 18.2 Å². The van der Waals surface area contributed by atoms with E-state index < -0.39 is 5.91 Å². The van der Waals surface area contributed by atoms with Crippen LogP contribution in [0.5, 0.6) is 0 Å². The van der Waals surface area contributed by atoms with Crippen LogP contribution >= 0.6 is 35.0 Å². The first kappa shape index (κ1) is 18.6. The van der Waals surface area contributed by atoms with E-state index in [1.165, 1.54) is 6.07 Å². The molecule has 1 aromatic heterocycles. The molecule has 0 atom stereocenters. The average molecular weight is 410 g/mol. The second kappa shape index (κ2) is 8.44. The van der Waals surface area contributed by atoms with Gasteiger partial charge in [0.2, 0.25) is 11.8 Å². The van der Waals surface area contributed by atoms with Gasteiger partial charge >= 0.3 is 0 Å². The van der Waals surface area contributed by atoms with E-state index in [0.29, 0.717) is 26.5 Å². The van der Waals surface area contributed by atoms with Crippen LogP contribution in [0.2, 0.25) is 10.0 Å². The molecule has 0 unspecified atom stereocenters. The number of hydrogen-bond donors (Lipinski definition) is 2. The van der Waals surface area contributed by atoms with Crippen molar-refractivity contribution in [3.63, 3.8) is 0 Å². The number of hydrogen-bond acceptors (Lipinski definition) is 5. The molecule has 0 aliphatic carbocycles. The quantitative estimate of drug-likeness (QED) is 0.601. The fourth-order valence-corrected chi connectivity index (χ4v) is 3.06. The maximum Gasteiger partial charge on any atom is 0.257 e. The summed E-state index contributed by atoms with van der Waals surface area (Å²) >= 11 is 13.0. The van der Waals surface area contributed by atoms with Crippen LogP contribution in [0.1, 0.15) is 0 Å². The first-order valence-corrected chi connectivity index (χ1v) is 9.25. The third-order valence-electron chi connectivity index (χ3n) is 3.25. The van der Waals surface area contributed by atoms with E-state index in [4.69, 9.17) is 27.6 Å². The van der Waals surface area contributed by atoms with Crippen molar-refractivity contribution < 1.29 is 14.0 Å².